The number of hydrogen-bond acceptors (Lipinski definition) is 7. The first-order valence-electron chi connectivity index (χ1n) is 9.56. The summed E-state index contributed by atoms with van der Waals surface area (Å²) in [5, 5.41) is 15.6. The van der Waals surface area contributed by atoms with E-state index in [4.69, 9.17) is 4.74 Å². The maximum atomic E-state index is 13.5. The highest BCUT2D eigenvalue weighted by molar-refractivity contribution is 7.90. The monoisotopic (exact) mass is 467 g/mol. The maximum absolute atomic E-state index is 13.5. The molecular formula is C22H17N3O5S2. The fraction of sp³-hybridized carbons (Fsp3) is 0.0909. The van der Waals surface area contributed by atoms with Crippen LogP contribution in [0.4, 0.5) is 5.69 Å². The first-order valence-corrected chi connectivity index (χ1v) is 11.9. The number of aromatic hydroxyl groups is 1. The molecular weight excluding hydrogens is 450 g/mol. The highest BCUT2D eigenvalue weighted by atomic mass is 32.2. The number of sulfonamides is 1. The molecule has 0 fully saturated rings. The minimum atomic E-state index is -4.13. The van der Waals surface area contributed by atoms with Crippen molar-refractivity contribution in [2.45, 2.75) is 11.4 Å². The topological polar surface area (TPSA) is 110 Å². The summed E-state index contributed by atoms with van der Waals surface area (Å²) in [6, 6.07) is 15.6. The number of fused-ring (bicyclic) bond motifs is 2. The highest BCUT2D eigenvalue weighted by Crippen LogP contribution is 2.35. The van der Waals surface area contributed by atoms with Gasteiger partial charge in [-0.3, -0.25) is 4.79 Å². The van der Waals surface area contributed by atoms with Crippen LogP contribution in [0, 0.1) is 0 Å². The summed E-state index contributed by atoms with van der Waals surface area (Å²) in [5.74, 6) is -0.161. The third kappa shape index (κ3) is 3.24. The van der Waals surface area contributed by atoms with Gasteiger partial charge >= 0.3 is 0 Å². The van der Waals surface area contributed by atoms with Gasteiger partial charge in [0.15, 0.2) is 11.6 Å². The van der Waals surface area contributed by atoms with Crippen molar-refractivity contribution in [3.05, 3.63) is 81.5 Å². The number of amidine groups is 1. The fourth-order valence-electron chi connectivity index (χ4n) is 3.66. The van der Waals surface area contributed by atoms with E-state index in [0.717, 1.165) is 5.56 Å². The number of anilines is 1. The number of nitrogens with one attached hydrogen (secondary N) is 1. The van der Waals surface area contributed by atoms with Crippen LogP contribution in [0.1, 0.15) is 11.1 Å². The van der Waals surface area contributed by atoms with Gasteiger partial charge in [-0.15, -0.1) is 15.7 Å². The third-order valence-corrected chi connectivity index (χ3v) is 7.42. The normalized spacial score (nSPS) is 14.5. The Morgan fingerprint density at radius 3 is 2.69 bits per heavy atom. The molecule has 162 valence electrons. The van der Waals surface area contributed by atoms with Gasteiger partial charge in [0.1, 0.15) is 16.2 Å². The fourth-order valence-corrected chi connectivity index (χ4v) is 5.65. The summed E-state index contributed by atoms with van der Waals surface area (Å²) >= 11 is 1.26. The molecule has 2 aromatic heterocycles. The van der Waals surface area contributed by atoms with E-state index in [-0.39, 0.29) is 34.3 Å². The molecule has 0 atom stereocenters. The lowest BCUT2D eigenvalue weighted by molar-refractivity contribution is 0.413. The van der Waals surface area contributed by atoms with Crippen LogP contribution in [0.2, 0.25) is 0 Å². The Kier molecular flexibility index (Phi) is 4.75. The second-order valence-electron chi connectivity index (χ2n) is 7.14. The number of methoxy groups -OCH3 is 1. The van der Waals surface area contributed by atoms with Crippen molar-refractivity contribution in [3.63, 3.8) is 0 Å². The maximum Gasteiger partial charge on any atom is 0.286 e. The van der Waals surface area contributed by atoms with Crippen LogP contribution in [0.5, 0.6) is 11.5 Å². The Hall–Kier alpha value is -3.63. The van der Waals surface area contributed by atoms with Crippen LogP contribution in [-0.4, -0.2) is 31.0 Å². The zero-order chi connectivity index (χ0) is 22.5. The third-order valence-electron chi connectivity index (χ3n) is 5.20. The average Bonchev–Trinajstić information content (AvgIpc) is 3.27. The van der Waals surface area contributed by atoms with Crippen molar-refractivity contribution in [2.24, 2.45) is 4.40 Å². The van der Waals surface area contributed by atoms with Crippen molar-refractivity contribution in [3.8, 4) is 11.5 Å². The van der Waals surface area contributed by atoms with Crippen molar-refractivity contribution in [1.29, 1.82) is 0 Å². The molecule has 0 amide bonds. The Morgan fingerprint density at radius 2 is 1.94 bits per heavy atom. The zero-order valence-electron chi connectivity index (χ0n) is 16.8. The van der Waals surface area contributed by atoms with Crippen LogP contribution in [-0.2, 0) is 16.6 Å². The molecule has 0 saturated carbocycles. The molecule has 0 aliphatic carbocycles. The summed E-state index contributed by atoms with van der Waals surface area (Å²) in [6.45, 7) is 0.258. The van der Waals surface area contributed by atoms with E-state index >= 15 is 0 Å². The minimum Gasteiger partial charge on any atom is -0.505 e. The lowest BCUT2D eigenvalue weighted by atomic mass is 10.1. The predicted octanol–water partition coefficient (Wildman–Crippen LogP) is 3.39. The van der Waals surface area contributed by atoms with Gasteiger partial charge in [-0.25, -0.2) is 0 Å². The van der Waals surface area contributed by atoms with Gasteiger partial charge in [0.2, 0.25) is 0 Å². The highest BCUT2D eigenvalue weighted by Gasteiger charge is 2.30. The molecule has 5 rings (SSSR count). The quantitative estimate of drug-likeness (QED) is 0.476. The number of aromatic nitrogens is 1. The van der Waals surface area contributed by atoms with Crippen molar-refractivity contribution < 1.29 is 18.3 Å². The molecule has 1 aliphatic heterocycles. The van der Waals surface area contributed by atoms with E-state index in [0.29, 0.717) is 16.0 Å². The van der Waals surface area contributed by atoms with Crippen LogP contribution < -0.4 is 15.6 Å². The van der Waals surface area contributed by atoms with Gasteiger partial charge in [0.05, 0.1) is 29.6 Å². The first kappa shape index (κ1) is 20.3. The summed E-state index contributed by atoms with van der Waals surface area (Å²) in [7, 11) is -2.69. The SMILES string of the molecule is COc1ccc2c(c1)S(=O)(=O)N=C(c1c(O)c3sccc3n(Cc3ccccc3)c1=O)N2. The van der Waals surface area contributed by atoms with Crippen molar-refractivity contribution in [1.82, 2.24) is 4.57 Å². The summed E-state index contributed by atoms with van der Waals surface area (Å²) in [4.78, 5) is 13.4. The van der Waals surface area contributed by atoms with Crippen molar-refractivity contribution >= 4 is 43.1 Å². The molecule has 2 N–H and O–H groups in total. The van der Waals surface area contributed by atoms with Gasteiger partial charge in [-0.2, -0.15) is 8.42 Å². The molecule has 4 aromatic rings. The number of ether oxygens (including phenoxy) is 1. The standard InChI is InChI=1S/C22H17N3O5S2/c1-30-14-7-8-15-17(11-14)32(28,29)24-21(23-15)18-19(26)20-16(9-10-31-20)25(22(18)27)12-13-5-3-2-4-6-13/h2-11,26H,12H2,1H3,(H,23,24). The van der Waals surface area contributed by atoms with E-state index in [1.165, 1.54) is 35.1 Å². The van der Waals surface area contributed by atoms with Gasteiger partial charge < -0.3 is 19.7 Å². The number of hydrogen-bond donors (Lipinski definition) is 2. The summed E-state index contributed by atoms with van der Waals surface area (Å²) in [6.07, 6.45) is 0. The molecule has 8 nitrogen and oxygen atoms in total. The van der Waals surface area contributed by atoms with Crippen LogP contribution in [0.3, 0.4) is 0 Å². The molecule has 2 aromatic carbocycles. The Morgan fingerprint density at radius 1 is 1.16 bits per heavy atom. The van der Waals surface area contributed by atoms with Crippen molar-refractivity contribution in [2.75, 3.05) is 12.4 Å². The van der Waals surface area contributed by atoms with Gasteiger partial charge in [-0.1, -0.05) is 30.3 Å². The van der Waals surface area contributed by atoms with Crippen LogP contribution in [0.25, 0.3) is 10.2 Å². The largest absolute Gasteiger partial charge is 0.505 e. The summed E-state index contributed by atoms with van der Waals surface area (Å²) in [5.41, 5.74) is 0.962. The number of benzene rings is 2. The van der Waals surface area contributed by atoms with E-state index in [9.17, 15) is 18.3 Å². The van der Waals surface area contributed by atoms with Crippen LogP contribution in [0.15, 0.2) is 74.1 Å². The van der Waals surface area contributed by atoms with Gasteiger partial charge in [-0.05, 0) is 29.1 Å². The number of pyridine rings is 1. The van der Waals surface area contributed by atoms with Gasteiger partial charge in [0.25, 0.3) is 15.6 Å². The number of nitrogens with zero attached hydrogens (tertiary/aromatic N) is 2. The van der Waals surface area contributed by atoms with Crippen LogP contribution >= 0.6 is 11.3 Å². The molecule has 3 heterocycles. The van der Waals surface area contributed by atoms with E-state index in [2.05, 4.69) is 9.71 Å². The Labute approximate surface area is 187 Å². The van der Waals surface area contributed by atoms with E-state index in [1.54, 1.807) is 17.5 Å². The lowest BCUT2D eigenvalue weighted by Crippen LogP contribution is -2.32. The lowest BCUT2D eigenvalue weighted by Gasteiger charge is -2.20. The van der Waals surface area contributed by atoms with Gasteiger partial charge in [0, 0.05) is 6.07 Å². The smallest absolute Gasteiger partial charge is 0.286 e. The Balaban J connectivity index is 1.72. The molecule has 1 aliphatic rings. The second-order valence-corrected chi connectivity index (χ2v) is 9.63. The molecule has 0 bridgehead atoms. The molecule has 0 radical (unpaired) electrons. The summed E-state index contributed by atoms with van der Waals surface area (Å²) < 4.78 is 36.6. The first-order chi connectivity index (χ1) is 15.4. The van der Waals surface area contributed by atoms with E-state index in [1.807, 2.05) is 30.3 Å². The molecule has 0 saturated heterocycles. The predicted molar refractivity (Wildman–Crippen MR) is 124 cm³/mol. The molecule has 10 heteroatoms. The Bertz CT molecular complexity index is 1550. The zero-order valence-corrected chi connectivity index (χ0v) is 18.4. The number of rotatable bonds is 4. The molecule has 0 spiro atoms. The molecule has 32 heavy (non-hydrogen) atoms. The number of thiophene rings is 1. The second kappa shape index (κ2) is 7.50. The minimum absolute atomic E-state index is 0.0677. The average molecular weight is 468 g/mol. The molecule has 0 unspecified atom stereocenters. The van der Waals surface area contributed by atoms with E-state index < -0.39 is 15.6 Å².